The van der Waals surface area contributed by atoms with E-state index in [0.29, 0.717) is 50.2 Å². The topological polar surface area (TPSA) is 101 Å². The Hall–Kier alpha value is -2.22. The second-order valence-electron chi connectivity index (χ2n) is 10.3. The molecule has 0 saturated carbocycles. The van der Waals surface area contributed by atoms with E-state index in [9.17, 15) is 5.26 Å². The molecular formula is C28H29Cl2IN7OP. The Morgan fingerprint density at radius 1 is 1.20 bits per heavy atom. The molecule has 40 heavy (non-hydrogen) atoms. The number of likely N-dealkylation sites (tertiary alicyclic amines) is 1. The number of pyridine rings is 2. The predicted molar refractivity (Wildman–Crippen MR) is 172 cm³/mol. The van der Waals surface area contributed by atoms with Gasteiger partial charge in [-0.3, -0.25) is 15.3 Å². The van der Waals surface area contributed by atoms with Crippen LogP contribution in [-0.2, 0) is 0 Å². The molecule has 1 unspecified atom stereocenters. The van der Waals surface area contributed by atoms with Crippen LogP contribution in [0.3, 0.4) is 0 Å². The molecule has 2 saturated heterocycles. The first-order chi connectivity index (χ1) is 19.2. The molecule has 4 heterocycles. The first kappa shape index (κ1) is 29.3. The fraction of sp³-hybridized carbons (Fsp3) is 0.357. The van der Waals surface area contributed by atoms with E-state index < -0.39 is 6.10 Å². The third kappa shape index (κ3) is 5.88. The number of hydrogen-bond donors (Lipinski definition) is 2. The number of rotatable bonds is 9. The molecule has 2 atom stereocenters. The summed E-state index contributed by atoms with van der Waals surface area (Å²) < 4.78 is 6.20. The third-order valence-corrected chi connectivity index (χ3v) is 9.34. The molecule has 0 aliphatic carbocycles. The SMILES string of the molecule is C[C@@H](Oc1ccc(NPI)c(C(=N)c2cnc(N3CC(C)(N4CCCC4)C3)c(C#N)c2)c1)c1c(Cl)cncc1Cl. The van der Waals surface area contributed by atoms with Crippen LogP contribution in [0.5, 0.6) is 5.75 Å². The third-order valence-electron chi connectivity index (χ3n) is 7.56. The van der Waals surface area contributed by atoms with Crippen LogP contribution >= 0.6 is 51.6 Å². The van der Waals surface area contributed by atoms with Crippen molar-refractivity contribution in [2.24, 2.45) is 0 Å². The van der Waals surface area contributed by atoms with Gasteiger partial charge in [-0.05, 0) is 86.1 Å². The molecular weight excluding hydrogens is 679 g/mol. The minimum Gasteiger partial charge on any atom is -0.486 e. The van der Waals surface area contributed by atoms with Crippen LogP contribution in [0.15, 0.2) is 42.9 Å². The van der Waals surface area contributed by atoms with E-state index >= 15 is 0 Å². The van der Waals surface area contributed by atoms with Crippen LogP contribution in [0, 0.1) is 16.7 Å². The van der Waals surface area contributed by atoms with Gasteiger partial charge in [0, 0.05) is 60.4 Å². The molecule has 0 bridgehead atoms. The summed E-state index contributed by atoms with van der Waals surface area (Å²) in [6, 6.07) is 9.62. The highest BCUT2D eigenvalue weighted by Gasteiger charge is 2.45. The number of nitrogens with zero attached hydrogens (tertiary/aromatic N) is 5. The van der Waals surface area contributed by atoms with Crippen molar-refractivity contribution in [3.8, 4) is 11.8 Å². The quantitative estimate of drug-likeness (QED) is 0.137. The summed E-state index contributed by atoms with van der Waals surface area (Å²) >= 11 is 14.9. The number of halogens is 3. The average molecular weight is 708 g/mol. The van der Waals surface area contributed by atoms with Gasteiger partial charge in [-0.2, -0.15) is 5.26 Å². The molecule has 0 spiro atoms. The number of ether oxygens (including phenoxy) is 1. The molecule has 0 amide bonds. The molecule has 2 aliphatic rings. The Labute approximate surface area is 259 Å². The summed E-state index contributed by atoms with van der Waals surface area (Å²) in [7, 11) is 0. The van der Waals surface area contributed by atoms with E-state index in [1.807, 2.05) is 25.1 Å². The molecule has 5 rings (SSSR count). The van der Waals surface area contributed by atoms with E-state index in [1.165, 1.54) is 25.2 Å². The van der Waals surface area contributed by atoms with E-state index in [1.54, 1.807) is 12.3 Å². The highest BCUT2D eigenvalue weighted by Crippen LogP contribution is 2.37. The summed E-state index contributed by atoms with van der Waals surface area (Å²) in [5.74, 6) is 1.24. The minimum atomic E-state index is -0.441. The molecule has 1 aromatic carbocycles. The first-order valence-corrected chi connectivity index (χ1v) is 17.8. The molecule has 2 aliphatic heterocycles. The Balaban J connectivity index is 1.39. The minimum absolute atomic E-state index is 0.124. The molecule has 12 heteroatoms. The van der Waals surface area contributed by atoms with Crippen molar-refractivity contribution in [3.63, 3.8) is 0 Å². The van der Waals surface area contributed by atoms with Gasteiger partial charge in [0.2, 0.25) is 0 Å². The summed E-state index contributed by atoms with van der Waals surface area (Å²) in [6.07, 6.45) is 7.23. The van der Waals surface area contributed by atoms with Crippen LogP contribution in [0.1, 0.15) is 55.0 Å². The van der Waals surface area contributed by atoms with E-state index in [0.717, 1.165) is 31.9 Å². The van der Waals surface area contributed by atoms with Crippen molar-refractivity contribution in [1.29, 1.82) is 10.7 Å². The molecule has 0 radical (unpaired) electrons. The second kappa shape index (κ2) is 12.3. The van der Waals surface area contributed by atoms with Crippen LogP contribution in [-0.4, -0.2) is 52.3 Å². The lowest BCUT2D eigenvalue weighted by Gasteiger charge is -2.53. The van der Waals surface area contributed by atoms with Gasteiger partial charge in [0.05, 0.1) is 26.9 Å². The fourth-order valence-electron chi connectivity index (χ4n) is 5.50. The standard InChI is InChI=1S/C28H29Cl2IN7OP/c1-17(25-22(29)13-34-14-23(25)30)39-20-5-6-24(36-40-31)21(10-20)26(33)19-9-18(11-32)27(35-12-19)37-15-28(2,16-37)38-7-3-4-8-38/h5-6,9-10,12-14,17,33,36,40H,3-4,7-8,15-16H2,1-2H3/t17-/m1/s1. The van der Waals surface area contributed by atoms with Gasteiger partial charge in [-0.25, -0.2) is 4.98 Å². The zero-order chi connectivity index (χ0) is 28.4. The predicted octanol–water partition coefficient (Wildman–Crippen LogP) is 7.24. The van der Waals surface area contributed by atoms with Crippen molar-refractivity contribution >= 4 is 68.8 Å². The largest absolute Gasteiger partial charge is 0.486 e. The number of nitrogens with one attached hydrogen (secondary N) is 2. The maximum atomic E-state index is 9.98. The zero-order valence-corrected chi connectivity index (χ0v) is 26.8. The lowest BCUT2D eigenvalue weighted by atomic mass is 9.89. The van der Waals surface area contributed by atoms with Gasteiger partial charge in [0.1, 0.15) is 23.7 Å². The summed E-state index contributed by atoms with van der Waals surface area (Å²) in [5.41, 5.74) is 3.49. The molecule has 2 N–H and O–H groups in total. The molecule has 2 fully saturated rings. The number of aromatic nitrogens is 2. The zero-order valence-electron chi connectivity index (χ0n) is 22.1. The van der Waals surface area contributed by atoms with Crippen molar-refractivity contribution in [3.05, 3.63) is 75.2 Å². The van der Waals surface area contributed by atoms with Crippen molar-refractivity contribution < 1.29 is 4.74 Å². The van der Waals surface area contributed by atoms with Crippen molar-refractivity contribution in [1.82, 2.24) is 14.9 Å². The van der Waals surface area contributed by atoms with Crippen LogP contribution in [0.4, 0.5) is 11.5 Å². The first-order valence-electron chi connectivity index (χ1n) is 12.9. The van der Waals surface area contributed by atoms with Gasteiger partial charge in [-0.1, -0.05) is 23.2 Å². The van der Waals surface area contributed by atoms with Crippen LogP contribution in [0.25, 0.3) is 0 Å². The van der Waals surface area contributed by atoms with Crippen molar-refractivity contribution in [2.45, 2.75) is 38.3 Å². The Morgan fingerprint density at radius 3 is 2.55 bits per heavy atom. The Kier molecular flexibility index (Phi) is 9.03. The summed E-state index contributed by atoms with van der Waals surface area (Å²) in [6.45, 7) is 8.12. The monoisotopic (exact) mass is 707 g/mol. The number of nitriles is 1. The smallest absolute Gasteiger partial charge is 0.146 e. The highest BCUT2D eigenvalue weighted by molar-refractivity contribution is 14.2. The van der Waals surface area contributed by atoms with E-state index in [-0.39, 0.29) is 11.3 Å². The van der Waals surface area contributed by atoms with Gasteiger partial charge in [0.25, 0.3) is 0 Å². The van der Waals surface area contributed by atoms with E-state index in [4.69, 9.17) is 33.3 Å². The summed E-state index contributed by atoms with van der Waals surface area (Å²) in [4.78, 5) is 13.4. The molecule has 3 aromatic rings. The van der Waals surface area contributed by atoms with Gasteiger partial charge in [0.15, 0.2) is 0 Å². The molecule has 208 valence electrons. The Bertz CT molecular complexity index is 1450. The highest BCUT2D eigenvalue weighted by atomic mass is 127. The molecule has 2 aromatic heterocycles. The number of hydrogen-bond acceptors (Lipinski definition) is 8. The number of anilines is 2. The lowest BCUT2D eigenvalue weighted by Crippen LogP contribution is -2.68. The van der Waals surface area contributed by atoms with Crippen LogP contribution in [0.2, 0.25) is 10.0 Å². The average Bonchev–Trinajstić information content (AvgIpc) is 3.47. The second-order valence-corrected chi connectivity index (χ2v) is 13.2. The molecule has 8 nitrogen and oxygen atoms in total. The maximum Gasteiger partial charge on any atom is 0.146 e. The Morgan fingerprint density at radius 2 is 1.90 bits per heavy atom. The normalized spacial score (nSPS) is 17.4. The lowest BCUT2D eigenvalue weighted by molar-refractivity contribution is 0.101. The fourth-order valence-corrected chi connectivity index (χ4v) is 7.37. The number of benzene rings is 1. The van der Waals surface area contributed by atoms with Gasteiger partial charge in [-0.15, -0.1) is 0 Å². The van der Waals surface area contributed by atoms with Gasteiger partial charge >= 0.3 is 0 Å². The van der Waals surface area contributed by atoms with E-state index in [2.05, 4.69) is 59.9 Å². The maximum absolute atomic E-state index is 9.98. The van der Waals surface area contributed by atoms with Crippen LogP contribution < -0.4 is 14.7 Å². The van der Waals surface area contributed by atoms with Gasteiger partial charge < -0.3 is 14.7 Å². The van der Waals surface area contributed by atoms with Crippen molar-refractivity contribution in [2.75, 3.05) is 36.2 Å². The summed E-state index contributed by atoms with van der Waals surface area (Å²) in [5, 5.41) is 23.2.